The number of aliphatic carboxylic acids is 1. The van der Waals surface area contributed by atoms with E-state index in [1.807, 2.05) is 0 Å². The molecule has 0 spiro atoms. The van der Waals surface area contributed by atoms with Crippen LogP contribution in [0.2, 0.25) is 0 Å². The Morgan fingerprint density at radius 1 is 1.71 bits per heavy atom. The molecule has 1 fully saturated rings. The van der Waals surface area contributed by atoms with E-state index in [0.717, 1.165) is 0 Å². The van der Waals surface area contributed by atoms with Gasteiger partial charge in [0.25, 0.3) is 0 Å². The van der Waals surface area contributed by atoms with Crippen LogP contribution in [-0.4, -0.2) is 46.2 Å². The van der Waals surface area contributed by atoms with Crippen molar-refractivity contribution in [1.29, 1.82) is 0 Å². The van der Waals surface area contributed by atoms with E-state index in [4.69, 9.17) is 11.5 Å². The van der Waals surface area contributed by atoms with E-state index < -0.39 is 18.0 Å². The minimum Gasteiger partial charge on any atom is -0.480 e. The first-order chi connectivity index (χ1) is 6.66. The molecule has 0 bridgehead atoms. The molecule has 0 saturated carbocycles. The van der Waals surface area contributed by atoms with Crippen molar-refractivity contribution in [2.75, 3.05) is 18.2 Å². The third-order valence-corrected chi connectivity index (χ3v) is 2.78. The molecule has 76 valence electrons. The first kappa shape index (κ1) is 10.7. The monoisotopic (exact) mass is 214 g/mol. The molecule has 1 unspecified atom stereocenters. The lowest BCUT2D eigenvalue weighted by Crippen LogP contribution is -2.46. The lowest BCUT2D eigenvalue weighted by molar-refractivity contribution is -0.140. The molecule has 5 nitrogen and oxygen atoms in total. The van der Waals surface area contributed by atoms with Crippen LogP contribution in [0.1, 0.15) is 0 Å². The third-order valence-electron chi connectivity index (χ3n) is 1.77. The smallest absolute Gasteiger partial charge is 0.327 e. The molecule has 14 heavy (non-hydrogen) atoms. The van der Waals surface area contributed by atoms with Crippen molar-refractivity contribution in [3.63, 3.8) is 0 Å². The topological polar surface area (TPSA) is 69.6 Å². The van der Waals surface area contributed by atoms with Crippen LogP contribution < -0.4 is 5.32 Å². The average Bonchev–Trinajstić information content (AvgIpc) is 2.62. The molecule has 0 aliphatic carbocycles. The molecule has 1 saturated heterocycles. The van der Waals surface area contributed by atoms with Crippen LogP contribution in [0.15, 0.2) is 0 Å². The molecule has 1 aliphatic heterocycles. The number of amides is 2. The third kappa shape index (κ3) is 2.33. The summed E-state index contributed by atoms with van der Waals surface area (Å²) < 4.78 is 0. The van der Waals surface area contributed by atoms with Crippen LogP contribution >= 0.6 is 11.8 Å². The van der Waals surface area contributed by atoms with Crippen LogP contribution in [0.5, 0.6) is 0 Å². The summed E-state index contributed by atoms with van der Waals surface area (Å²) >= 11 is 1.41. The highest BCUT2D eigenvalue weighted by Gasteiger charge is 2.34. The number of rotatable bonds is 2. The van der Waals surface area contributed by atoms with E-state index in [1.165, 1.54) is 16.7 Å². The summed E-state index contributed by atoms with van der Waals surface area (Å²) in [6, 6.07) is -1.15. The van der Waals surface area contributed by atoms with Gasteiger partial charge in [-0.1, -0.05) is 5.92 Å². The molecule has 0 radical (unpaired) electrons. The predicted molar refractivity (Wildman–Crippen MR) is 52.8 cm³/mol. The van der Waals surface area contributed by atoms with Crippen molar-refractivity contribution < 1.29 is 14.7 Å². The van der Waals surface area contributed by atoms with E-state index in [0.29, 0.717) is 11.6 Å². The molecule has 2 amide bonds. The zero-order chi connectivity index (χ0) is 10.6. The van der Waals surface area contributed by atoms with Crippen LogP contribution in [0.4, 0.5) is 4.79 Å². The highest BCUT2D eigenvalue weighted by Crippen LogP contribution is 2.20. The largest absolute Gasteiger partial charge is 0.480 e. The zero-order valence-corrected chi connectivity index (χ0v) is 8.21. The van der Waals surface area contributed by atoms with Gasteiger partial charge in [-0.2, -0.15) is 0 Å². The van der Waals surface area contributed by atoms with Gasteiger partial charge in [-0.05, 0) is 0 Å². The molecular formula is C8H10N2O3S. The van der Waals surface area contributed by atoms with Gasteiger partial charge < -0.3 is 15.3 Å². The number of carboxylic acids is 1. The van der Waals surface area contributed by atoms with Crippen molar-refractivity contribution in [2.45, 2.75) is 6.04 Å². The minimum atomic E-state index is -0.981. The predicted octanol–water partition coefficient (Wildman–Crippen LogP) is -0.211. The van der Waals surface area contributed by atoms with Crippen molar-refractivity contribution in [2.24, 2.45) is 0 Å². The Bertz CT molecular complexity index is 287. The fourth-order valence-corrected chi connectivity index (χ4v) is 2.22. The summed E-state index contributed by atoms with van der Waals surface area (Å²) in [5.74, 6) is 2.10. The second-order valence-electron chi connectivity index (χ2n) is 2.69. The van der Waals surface area contributed by atoms with Gasteiger partial charge in [0.1, 0.15) is 6.04 Å². The Morgan fingerprint density at radius 2 is 2.43 bits per heavy atom. The zero-order valence-electron chi connectivity index (χ0n) is 7.40. The Balaban J connectivity index is 2.54. The van der Waals surface area contributed by atoms with Crippen LogP contribution in [0.25, 0.3) is 0 Å². The average molecular weight is 214 g/mol. The van der Waals surface area contributed by atoms with E-state index in [9.17, 15) is 9.59 Å². The summed E-state index contributed by atoms with van der Waals surface area (Å²) in [6.45, 7) is 0.117. The van der Waals surface area contributed by atoms with Crippen molar-refractivity contribution in [3.05, 3.63) is 0 Å². The molecule has 1 atom stereocenters. The summed E-state index contributed by atoms with van der Waals surface area (Å²) in [5, 5.41) is 11.2. The quantitative estimate of drug-likeness (QED) is 0.624. The second kappa shape index (κ2) is 4.77. The van der Waals surface area contributed by atoms with E-state index in [1.54, 1.807) is 0 Å². The van der Waals surface area contributed by atoms with Gasteiger partial charge in [0.15, 0.2) is 0 Å². The van der Waals surface area contributed by atoms with Gasteiger partial charge in [-0.25, -0.2) is 9.59 Å². The summed E-state index contributed by atoms with van der Waals surface area (Å²) in [5.41, 5.74) is 0. The van der Waals surface area contributed by atoms with Crippen LogP contribution in [0.3, 0.4) is 0 Å². The van der Waals surface area contributed by atoms with Crippen molar-refractivity contribution >= 4 is 23.8 Å². The number of nitrogens with zero attached hydrogens (tertiary/aromatic N) is 1. The molecule has 0 aromatic rings. The fourth-order valence-electron chi connectivity index (χ4n) is 1.08. The molecule has 1 aliphatic rings. The number of carbonyl (C=O) groups is 2. The highest BCUT2D eigenvalue weighted by atomic mass is 32.2. The number of hydrogen-bond acceptors (Lipinski definition) is 3. The van der Waals surface area contributed by atoms with Gasteiger partial charge in [-0.3, -0.25) is 0 Å². The maximum Gasteiger partial charge on any atom is 0.327 e. The van der Waals surface area contributed by atoms with E-state index in [2.05, 4.69) is 11.2 Å². The number of carboxylic acid groups (broad SMARTS) is 1. The number of terminal acetylenes is 1. The van der Waals surface area contributed by atoms with Crippen LogP contribution in [-0.2, 0) is 4.79 Å². The first-order valence-electron chi connectivity index (χ1n) is 3.95. The Kier molecular flexibility index (Phi) is 3.65. The Hall–Kier alpha value is -1.35. The van der Waals surface area contributed by atoms with E-state index >= 15 is 0 Å². The highest BCUT2D eigenvalue weighted by molar-refractivity contribution is 7.99. The lowest BCUT2D eigenvalue weighted by atomic mass is 10.3. The molecule has 2 N–H and O–H groups in total. The summed E-state index contributed by atoms with van der Waals surface area (Å²) in [6.07, 6.45) is 4.97. The molecular weight excluding hydrogens is 204 g/mol. The van der Waals surface area contributed by atoms with Crippen LogP contribution in [0, 0.1) is 12.3 Å². The minimum absolute atomic E-state index is 0.117. The number of urea groups is 1. The molecule has 6 heteroatoms. The molecule has 1 heterocycles. The molecule has 0 aromatic heterocycles. The van der Waals surface area contributed by atoms with Crippen molar-refractivity contribution in [3.8, 4) is 12.3 Å². The molecule has 1 rings (SSSR count). The van der Waals surface area contributed by atoms with Gasteiger partial charge in [-0.15, -0.1) is 18.2 Å². The number of thioether (sulfide) groups is 1. The second-order valence-corrected chi connectivity index (χ2v) is 3.69. The first-order valence-corrected chi connectivity index (χ1v) is 5.10. The van der Waals surface area contributed by atoms with E-state index in [-0.39, 0.29) is 6.54 Å². The standard InChI is InChI=1S/C8H10N2O3S/c1-2-3-9-8(13)10-5-14-4-6(10)7(11)12/h1,6H,3-5H2,(H,9,13)(H,11,12). The van der Waals surface area contributed by atoms with Gasteiger partial charge in [0.05, 0.1) is 12.4 Å². The molecule has 0 aromatic carbocycles. The number of carbonyl (C=O) groups excluding carboxylic acids is 1. The van der Waals surface area contributed by atoms with Gasteiger partial charge >= 0.3 is 12.0 Å². The fraction of sp³-hybridized carbons (Fsp3) is 0.500. The van der Waals surface area contributed by atoms with Gasteiger partial charge in [0, 0.05) is 5.75 Å². The SMILES string of the molecule is C#CCNC(=O)N1CSCC1C(=O)O. The Labute approximate surface area is 85.8 Å². The Morgan fingerprint density at radius 3 is 3.00 bits per heavy atom. The van der Waals surface area contributed by atoms with Gasteiger partial charge in [0.2, 0.25) is 0 Å². The van der Waals surface area contributed by atoms with Crippen molar-refractivity contribution in [1.82, 2.24) is 10.2 Å². The number of nitrogens with one attached hydrogen (secondary N) is 1. The number of hydrogen-bond donors (Lipinski definition) is 2. The maximum atomic E-state index is 11.4. The summed E-state index contributed by atoms with van der Waals surface area (Å²) in [4.78, 5) is 23.3. The normalized spacial score (nSPS) is 20.2. The lowest BCUT2D eigenvalue weighted by Gasteiger charge is -2.19. The summed E-state index contributed by atoms with van der Waals surface area (Å²) in [7, 11) is 0. The maximum absolute atomic E-state index is 11.4.